The molecule has 5 nitrogen and oxygen atoms in total. The minimum Gasteiger partial charge on any atom is -0.493 e. The fraction of sp³-hybridized carbons (Fsp3) is 0.478. The predicted octanol–water partition coefficient (Wildman–Crippen LogP) is 5.13. The molecule has 0 unspecified atom stereocenters. The molecule has 0 fully saturated rings. The molecule has 1 atom stereocenters. The van der Waals surface area contributed by atoms with Crippen molar-refractivity contribution in [1.82, 2.24) is 5.32 Å². The second-order valence-electron chi connectivity index (χ2n) is 6.51. The summed E-state index contributed by atoms with van der Waals surface area (Å²) in [5, 5.41) is 3.56. The first-order valence-electron chi connectivity index (χ1n) is 10.0. The molecule has 0 radical (unpaired) electrons. The first-order valence-corrected chi connectivity index (χ1v) is 10.0. The topological polar surface area (TPSA) is 49.0 Å². The van der Waals surface area contributed by atoms with Crippen LogP contribution in [0.2, 0.25) is 0 Å². The third kappa shape index (κ3) is 6.06. The molecule has 0 aliphatic rings. The summed E-state index contributed by atoms with van der Waals surface area (Å²) in [6.07, 6.45) is 0.968. The molecule has 0 aliphatic carbocycles. The molecular formula is C23H33NO4. The molecule has 0 amide bonds. The highest BCUT2D eigenvalue weighted by Crippen LogP contribution is 2.31. The molecule has 154 valence electrons. The van der Waals surface area contributed by atoms with Crippen molar-refractivity contribution in [1.29, 1.82) is 0 Å². The third-order valence-corrected chi connectivity index (χ3v) is 4.37. The van der Waals surface area contributed by atoms with Crippen molar-refractivity contribution in [2.45, 2.75) is 46.7 Å². The van der Waals surface area contributed by atoms with Crippen molar-refractivity contribution in [3.05, 3.63) is 47.5 Å². The lowest BCUT2D eigenvalue weighted by molar-refractivity contribution is 0.287. The number of rotatable bonds is 12. The lowest BCUT2D eigenvalue weighted by atomic mass is 10.1. The van der Waals surface area contributed by atoms with Gasteiger partial charge in [-0.15, -0.1) is 0 Å². The average Bonchev–Trinajstić information content (AvgIpc) is 2.72. The van der Waals surface area contributed by atoms with Gasteiger partial charge in [-0.3, -0.25) is 0 Å². The van der Waals surface area contributed by atoms with Gasteiger partial charge in [0.05, 0.1) is 26.9 Å². The molecule has 0 heterocycles. The summed E-state index contributed by atoms with van der Waals surface area (Å²) < 4.78 is 22.6. The Balaban J connectivity index is 2.05. The normalized spacial score (nSPS) is 11.8. The Morgan fingerprint density at radius 1 is 0.821 bits per heavy atom. The van der Waals surface area contributed by atoms with E-state index in [1.165, 1.54) is 0 Å². The van der Waals surface area contributed by atoms with E-state index in [1.807, 2.05) is 32.0 Å². The summed E-state index contributed by atoms with van der Waals surface area (Å²) in [7, 11) is 1.67. The number of hydrogen-bond donors (Lipinski definition) is 1. The second kappa shape index (κ2) is 11.4. The van der Waals surface area contributed by atoms with E-state index in [0.29, 0.717) is 19.8 Å². The fourth-order valence-electron chi connectivity index (χ4n) is 2.88. The van der Waals surface area contributed by atoms with E-state index in [0.717, 1.165) is 47.1 Å². The van der Waals surface area contributed by atoms with Crippen LogP contribution in [-0.2, 0) is 6.54 Å². The molecule has 5 heteroatoms. The van der Waals surface area contributed by atoms with Gasteiger partial charge >= 0.3 is 0 Å². The monoisotopic (exact) mass is 387 g/mol. The molecule has 0 aliphatic heterocycles. The summed E-state index contributed by atoms with van der Waals surface area (Å²) in [6, 6.07) is 12.3. The molecule has 2 rings (SSSR count). The van der Waals surface area contributed by atoms with Crippen molar-refractivity contribution in [3.8, 4) is 23.0 Å². The summed E-state index contributed by atoms with van der Waals surface area (Å²) >= 11 is 0. The van der Waals surface area contributed by atoms with Gasteiger partial charge in [0.1, 0.15) is 0 Å². The number of methoxy groups -OCH3 is 1. The van der Waals surface area contributed by atoms with Gasteiger partial charge in [-0.25, -0.2) is 0 Å². The molecule has 0 spiro atoms. The predicted molar refractivity (Wildman–Crippen MR) is 113 cm³/mol. The van der Waals surface area contributed by atoms with E-state index in [-0.39, 0.29) is 6.04 Å². The van der Waals surface area contributed by atoms with Crippen LogP contribution in [0.3, 0.4) is 0 Å². The van der Waals surface area contributed by atoms with Gasteiger partial charge in [0, 0.05) is 12.6 Å². The summed E-state index contributed by atoms with van der Waals surface area (Å²) in [4.78, 5) is 0. The summed E-state index contributed by atoms with van der Waals surface area (Å²) in [5.41, 5.74) is 2.30. The Bertz CT molecular complexity index is 733. The number of ether oxygens (including phenoxy) is 4. The molecule has 2 aromatic carbocycles. The van der Waals surface area contributed by atoms with Gasteiger partial charge in [0.25, 0.3) is 0 Å². The molecule has 28 heavy (non-hydrogen) atoms. The molecule has 1 N–H and O–H groups in total. The zero-order valence-corrected chi connectivity index (χ0v) is 17.7. The van der Waals surface area contributed by atoms with E-state index in [4.69, 9.17) is 18.9 Å². The maximum atomic E-state index is 5.74. The van der Waals surface area contributed by atoms with Gasteiger partial charge in [-0.05, 0) is 62.6 Å². The maximum absolute atomic E-state index is 5.74. The van der Waals surface area contributed by atoms with E-state index in [1.54, 1.807) is 7.11 Å². The van der Waals surface area contributed by atoms with Crippen molar-refractivity contribution in [2.24, 2.45) is 0 Å². The van der Waals surface area contributed by atoms with Crippen LogP contribution in [0.1, 0.15) is 51.3 Å². The van der Waals surface area contributed by atoms with Gasteiger partial charge in [-0.1, -0.05) is 19.1 Å². The number of hydrogen-bond acceptors (Lipinski definition) is 5. The molecule has 0 bridgehead atoms. The molecular weight excluding hydrogens is 354 g/mol. The van der Waals surface area contributed by atoms with Crippen molar-refractivity contribution in [3.63, 3.8) is 0 Å². The average molecular weight is 388 g/mol. The molecule has 2 aromatic rings. The zero-order valence-electron chi connectivity index (χ0n) is 17.7. The Morgan fingerprint density at radius 3 is 2.18 bits per heavy atom. The van der Waals surface area contributed by atoms with Crippen LogP contribution in [-0.4, -0.2) is 26.9 Å². The molecule has 0 aromatic heterocycles. The van der Waals surface area contributed by atoms with Gasteiger partial charge in [-0.2, -0.15) is 0 Å². The van der Waals surface area contributed by atoms with Crippen LogP contribution in [0.25, 0.3) is 0 Å². The lowest BCUT2D eigenvalue weighted by Crippen LogP contribution is -2.18. The van der Waals surface area contributed by atoms with E-state index in [2.05, 4.69) is 37.4 Å². The van der Waals surface area contributed by atoms with E-state index < -0.39 is 0 Å². The van der Waals surface area contributed by atoms with Gasteiger partial charge in [0.15, 0.2) is 23.0 Å². The van der Waals surface area contributed by atoms with Crippen LogP contribution >= 0.6 is 0 Å². The van der Waals surface area contributed by atoms with Gasteiger partial charge in [0.2, 0.25) is 0 Å². The first kappa shape index (κ1) is 21.9. The highest BCUT2D eigenvalue weighted by molar-refractivity contribution is 5.44. The van der Waals surface area contributed by atoms with Crippen LogP contribution in [0.4, 0.5) is 0 Å². The van der Waals surface area contributed by atoms with E-state index in [9.17, 15) is 0 Å². The van der Waals surface area contributed by atoms with Gasteiger partial charge < -0.3 is 24.3 Å². The SMILES string of the molecule is CCCOc1ccc(CN[C@H](C)c2ccc(OCC)c(OCC)c2)cc1OC. The first-order chi connectivity index (χ1) is 13.6. The van der Waals surface area contributed by atoms with Crippen LogP contribution in [0.15, 0.2) is 36.4 Å². The van der Waals surface area contributed by atoms with Crippen molar-refractivity contribution in [2.75, 3.05) is 26.9 Å². The minimum atomic E-state index is 0.164. The molecule has 0 saturated heterocycles. The highest BCUT2D eigenvalue weighted by Gasteiger charge is 2.12. The van der Waals surface area contributed by atoms with E-state index >= 15 is 0 Å². The minimum absolute atomic E-state index is 0.164. The van der Waals surface area contributed by atoms with Crippen LogP contribution < -0.4 is 24.3 Å². The Labute approximate surface area is 169 Å². The maximum Gasteiger partial charge on any atom is 0.161 e. The number of benzene rings is 2. The Morgan fingerprint density at radius 2 is 1.50 bits per heavy atom. The number of nitrogens with one attached hydrogen (secondary N) is 1. The highest BCUT2D eigenvalue weighted by atomic mass is 16.5. The summed E-state index contributed by atoms with van der Waals surface area (Å²) in [6.45, 7) is 10.8. The quantitative estimate of drug-likeness (QED) is 0.547. The molecule has 0 saturated carbocycles. The smallest absolute Gasteiger partial charge is 0.161 e. The Hall–Kier alpha value is -2.40. The van der Waals surface area contributed by atoms with Crippen LogP contribution in [0, 0.1) is 0 Å². The van der Waals surface area contributed by atoms with Crippen molar-refractivity contribution < 1.29 is 18.9 Å². The second-order valence-corrected chi connectivity index (χ2v) is 6.51. The Kier molecular flexibility index (Phi) is 8.95. The third-order valence-electron chi connectivity index (χ3n) is 4.37. The largest absolute Gasteiger partial charge is 0.493 e. The lowest BCUT2D eigenvalue weighted by Gasteiger charge is -2.18. The zero-order chi connectivity index (χ0) is 20.4. The fourth-order valence-corrected chi connectivity index (χ4v) is 2.88. The van der Waals surface area contributed by atoms with Crippen molar-refractivity contribution >= 4 is 0 Å². The van der Waals surface area contributed by atoms with Crippen LogP contribution in [0.5, 0.6) is 23.0 Å². The standard InChI is InChI=1S/C23H33NO4/c1-6-13-28-20-11-9-18(14-22(20)25-5)16-24-17(4)19-10-12-21(26-7-2)23(15-19)27-8-3/h9-12,14-15,17,24H,6-8,13,16H2,1-5H3/t17-/m1/s1. The summed E-state index contributed by atoms with van der Waals surface area (Å²) in [5.74, 6) is 3.12.